The van der Waals surface area contributed by atoms with Crippen LogP contribution in [-0.2, 0) is 4.74 Å². The van der Waals surface area contributed by atoms with Crippen LogP contribution in [0.4, 0.5) is 11.5 Å². The number of benzene rings is 1. The van der Waals surface area contributed by atoms with E-state index in [1.807, 2.05) is 48.7 Å². The van der Waals surface area contributed by atoms with E-state index >= 15 is 0 Å². The quantitative estimate of drug-likeness (QED) is 0.481. The number of anilines is 2. The second-order valence-electron chi connectivity index (χ2n) is 7.32. The summed E-state index contributed by atoms with van der Waals surface area (Å²) in [5.74, 6) is 0.617. The van der Waals surface area contributed by atoms with Gasteiger partial charge in [0.15, 0.2) is 6.23 Å². The lowest BCUT2D eigenvalue weighted by molar-refractivity contribution is -0.0295. The van der Waals surface area contributed by atoms with E-state index in [9.17, 15) is 10.2 Å². The Labute approximate surface area is 172 Å². The highest BCUT2D eigenvalue weighted by molar-refractivity contribution is 6.02. The molecular formula is C22H21N5O3. The van der Waals surface area contributed by atoms with Gasteiger partial charge in [-0.3, -0.25) is 4.98 Å². The van der Waals surface area contributed by atoms with Crippen LogP contribution in [0.1, 0.15) is 13.2 Å². The number of aliphatic hydroxyl groups excluding tert-OH is 2. The summed E-state index contributed by atoms with van der Waals surface area (Å²) in [5, 5.41) is 24.9. The van der Waals surface area contributed by atoms with Gasteiger partial charge in [0.25, 0.3) is 0 Å². The summed E-state index contributed by atoms with van der Waals surface area (Å²) < 4.78 is 7.63. The van der Waals surface area contributed by atoms with Gasteiger partial charge in [0.05, 0.1) is 23.4 Å². The summed E-state index contributed by atoms with van der Waals surface area (Å²) in [5.41, 5.74) is 3.26. The number of hydrogen-bond acceptors (Lipinski definition) is 7. The van der Waals surface area contributed by atoms with Gasteiger partial charge < -0.3 is 24.8 Å². The van der Waals surface area contributed by atoms with Crippen molar-refractivity contribution in [2.75, 3.05) is 5.32 Å². The molecule has 0 unspecified atom stereocenters. The molecule has 3 N–H and O–H groups in total. The monoisotopic (exact) mass is 403 g/mol. The van der Waals surface area contributed by atoms with Crippen molar-refractivity contribution in [3.8, 4) is 11.1 Å². The van der Waals surface area contributed by atoms with Crippen LogP contribution in [0.15, 0.2) is 67.4 Å². The molecule has 1 saturated heterocycles. The zero-order valence-corrected chi connectivity index (χ0v) is 16.3. The molecule has 8 nitrogen and oxygen atoms in total. The number of rotatable bonds is 4. The number of aliphatic hydroxyl groups is 2. The molecule has 0 saturated carbocycles. The van der Waals surface area contributed by atoms with Crippen molar-refractivity contribution in [1.29, 1.82) is 0 Å². The highest BCUT2D eigenvalue weighted by Crippen LogP contribution is 2.39. The lowest BCUT2D eigenvalue weighted by Gasteiger charge is -2.17. The van der Waals surface area contributed by atoms with Crippen molar-refractivity contribution in [2.24, 2.45) is 0 Å². The fourth-order valence-corrected chi connectivity index (χ4v) is 3.84. The fourth-order valence-electron chi connectivity index (χ4n) is 3.84. The Bertz CT molecular complexity index is 1170. The summed E-state index contributed by atoms with van der Waals surface area (Å²) in [7, 11) is 0. The van der Waals surface area contributed by atoms with Crippen LogP contribution in [0, 0.1) is 0 Å². The highest BCUT2D eigenvalue weighted by atomic mass is 16.6. The summed E-state index contributed by atoms with van der Waals surface area (Å²) in [6.07, 6.45) is 3.50. The van der Waals surface area contributed by atoms with Gasteiger partial charge in [-0.15, -0.1) is 0 Å². The Balaban J connectivity index is 1.70. The molecule has 4 aromatic rings. The molecule has 0 radical (unpaired) electrons. The molecule has 0 bridgehead atoms. The van der Waals surface area contributed by atoms with Crippen molar-refractivity contribution in [2.45, 2.75) is 31.5 Å². The molecule has 0 aliphatic carbocycles. The number of nitrogens with zero attached hydrogens (tertiary/aromatic N) is 4. The highest BCUT2D eigenvalue weighted by Gasteiger charge is 2.42. The minimum Gasteiger partial charge on any atom is -0.388 e. The van der Waals surface area contributed by atoms with Crippen LogP contribution in [0.25, 0.3) is 22.2 Å². The van der Waals surface area contributed by atoms with Crippen molar-refractivity contribution in [3.63, 3.8) is 0 Å². The van der Waals surface area contributed by atoms with Crippen LogP contribution in [0.3, 0.4) is 0 Å². The first-order valence-corrected chi connectivity index (χ1v) is 9.73. The second-order valence-corrected chi connectivity index (χ2v) is 7.32. The Morgan fingerprint density at radius 1 is 1.03 bits per heavy atom. The smallest absolute Gasteiger partial charge is 0.164 e. The van der Waals surface area contributed by atoms with E-state index in [1.165, 1.54) is 6.33 Å². The van der Waals surface area contributed by atoms with Crippen LogP contribution < -0.4 is 5.32 Å². The molecule has 1 aromatic carbocycles. The maximum atomic E-state index is 10.6. The summed E-state index contributed by atoms with van der Waals surface area (Å²) in [4.78, 5) is 13.1. The van der Waals surface area contributed by atoms with Crippen molar-refractivity contribution in [1.82, 2.24) is 19.5 Å². The van der Waals surface area contributed by atoms with Gasteiger partial charge in [-0.2, -0.15) is 0 Å². The first-order valence-electron chi connectivity index (χ1n) is 9.73. The first kappa shape index (κ1) is 18.7. The van der Waals surface area contributed by atoms with E-state index in [4.69, 9.17) is 4.74 Å². The predicted octanol–water partition coefficient (Wildman–Crippen LogP) is 2.88. The van der Waals surface area contributed by atoms with E-state index in [0.717, 1.165) is 22.2 Å². The molecule has 1 aliphatic rings. The molecule has 0 spiro atoms. The van der Waals surface area contributed by atoms with E-state index in [-0.39, 0.29) is 0 Å². The molecule has 4 atom stereocenters. The Morgan fingerprint density at radius 3 is 2.57 bits per heavy atom. The normalized spacial score (nSPS) is 23.7. The maximum absolute atomic E-state index is 10.6. The first-order chi connectivity index (χ1) is 14.6. The number of fused-ring (bicyclic) bond motifs is 1. The molecule has 0 amide bonds. The molecule has 1 fully saturated rings. The van der Waals surface area contributed by atoms with Crippen molar-refractivity contribution < 1.29 is 14.9 Å². The Hall–Kier alpha value is -3.33. The van der Waals surface area contributed by atoms with E-state index in [2.05, 4.69) is 20.3 Å². The van der Waals surface area contributed by atoms with Crippen molar-refractivity contribution >= 4 is 22.5 Å². The maximum Gasteiger partial charge on any atom is 0.164 e. The predicted molar refractivity (Wildman–Crippen MR) is 112 cm³/mol. The number of pyridine rings is 1. The number of ether oxygens (including phenoxy) is 1. The number of hydrogen-bond donors (Lipinski definition) is 3. The van der Waals surface area contributed by atoms with E-state index in [1.54, 1.807) is 23.9 Å². The average molecular weight is 403 g/mol. The molecule has 30 heavy (non-hydrogen) atoms. The third-order valence-electron chi connectivity index (χ3n) is 5.37. The fraction of sp³-hybridized carbons (Fsp3) is 0.227. The molecule has 8 heteroatoms. The van der Waals surface area contributed by atoms with Crippen LogP contribution >= 0.6 is 0 Å². The van der Waals surface area contributed by atoms with E-state index in [0.29, 0.717) is 11.5 Å². The van der Waals surface area contributed by atoms with Gasteiger partial charge in [0.2, 0.25) is 0 Å². The second kappa shape index (κ2) is 7.49. The largest absolute Gasteiger partial charge is 0.388 e. The van der Waals surface area contributed by atoms with Crippen LogP contribution in [-0.4, -0.2) is 48.0 Å². The van der Waals surface area contributed by atoms with Crippen molar-refractivity contribution in [3.05, 3.63) is 67.4 Å². The molecule has 5 rings (SSSR count). The molecule has 1 aliphatic heterocycles. The third-order valence-corrected chi connectivity index (χ3v) is 5.37. The van der Waals surface area contributed by atoms with Crippen LogP contribution in [0.5, 0.6) is 0 Å². The molecule has 3 aromatic heterocycles. The topological polar surface area (TPSA) is 105 Å². The van der Waals surface area contributed by atoms with Gasteiger partial charge in [-0.25, -0.2) is 9.97 Å². The molecular weight excluding hydrogens is 382 g/mol. The van der Waals surface area contributed by atoms with Gasteiger partial charge in [-0.05, 0) is 24.6 Å². The summed E-state index contributed by atoms with van der Waals surface area (Å²) in [6, 6.07) is 13.6. The molecule has 152 valence electrons. The zero-order chi connectivity index (χ0) is 20.7. The Kier molecular flexibility index (Phi) is 4.66. The minimum atomic E-state index is -1.07. The van der Waals surface area contributed by atoms with E-state index < -0.39 is 24.5 Å². The van der Waals surface area contributed by atoms with Crippen LogP contribution in [0.2, 0.25) is 0 Å². The summed E-state index contributed by atoms with van der Waals surface area (Å²) >= 11 is 0. The van der Waals surface area contributed by atoms with Gasteiger partial charge in [0.1, 0.15) is 30.0 Å². The molecule has 4 heterocycles. The SMILES string of the molecule is C[C@H]1O[C@@H](n2cc(-c3ccccc3)c3c(Nc4cccnc4)ncnc32)[C@H](O)[C@@H]1O. The number of nitrogens with one attached hydrogen (secondary N) is 1. The minimum absolute atomic E-state index is 0.488. The summed E-state index contributed by atoms with van der Waals surface area (Å²) in [6.45, 7) is 1.74. The van der Waals surface area contributed by atoms with Gasteiger partial charge in [0, 0.05) is 18.0 Å². The Morgan fingerprint density at radius 2 is 1.87 bits per heavy atom. The van der Waals surface area contributed by atoms with Gasteiger partial charge in [-0.1, -0.05) is 30.3 Å². The zero-order valence-electron chi connectivity index (χ0n) is 16.3. The average Bonchev–Trinajstić information content (AvgIpc) is 3.29. The van der Waals surface area contributed by atoms with Gasteiger partial charge >= 0.3 is 0 Å². The standard InChI is InChI=1S/C22H21N5O3/c1-13-18(28)19(29)22(30-13)27-11-16(14-6-3-2-4-7-14)17-20(24-12-25-21(17)27)26-15-8-5-9-23-10-15/h2-13,18-19,22,28-29H,1H3,(H,24,25,26)/t13-,18-,19-,22-/m1/s1. The lowest BCUT2D eigenvalue weighted by Crippen LogP contribution is -2.30. The number of aromatic nitrogens is 4. The lowest BCUT2D eigenvalue weighted by atomic mass is 10.1. The third kappa shape index (κ3) is 3.11.